The molecule has 148 valence electrons. The third-order valence-electron chi connectivity index (χ3n) is 5.56. The van der Waals surface area contributed by atoms with Gasteiger partial charge in [0.1, 0.15) is 0 Å². The maximum atomic E-state index is 11.8. The van der Waals surface area contributed by atoms with Crippen molar-refractivity contribution in [1.82, 2.24) is 10.2 Å². The van der Waals surface area contributed by atoms with Crippen LogP contribution < -0.4 is 10.2 Å². The molecule has 1 aromatic rings. The lowest BCUT2D eigenvalue weighted by Gasteiger charge is -2.27. The lowest BCUT2D eigenvalue weighted by Crippen LogP contribution is -2.39. The van der Waals surface area contributed by atoms with Crippen LogP contribution in [0.3, 0.4) is 0 Å². The van der Waals surface area contributed by atoms with Gasteiger partial charge in [0.25, 0.3) is 0 Å². The number of rotatable bonds is 6. The molecule has 1 amide bonds. The fourth-order valence-corrected chi connectivity index (χ4v) is 3.80. The highest BCUT2D eigenvalue weighted by atomic mass is 16.5. The van der Waals surface area contributed by atoms with Crippen LogP contribution in [0.5, 0.6) is 0 Å². The van der Waals surface area contributed by atoms with E-state index in [0.717, 1.165) is 56.8 Å². The van der Waals surface area contributed by atoms with Crippen LogP contribution in [0.2, 0.25) is 0 Å². The summed E-state index contributed by atoms with van der Waals surface area (Å²) >= 11 is 0. The van der Waals surface area contributed by atoms with Gasteiger partial charge in [-0.1, -0.05) is 12.1 Å². The van der Waals surface area contributed by atoms with Crippen molar-refractivity contribution in [3.63, 3.8) is 0 Å². The van der Waals surface area contributed by atoms with E-state index in [-0.39, 0.29) is 5.91 Å². The standard InChI is InChI=1S/C21H32N4O2/c1-22-21(24(2)13-9-17-10-14-27-15-11-17)23-16-18-5-7-19(8-6-18)25-12-3-4-20(25)26/h5-8,17H,3-4,9-16H2,1-2H3,(H,22,23). The smallest absolute Gasteiger partial charge is 0.227 e. The van der Waals surface area contributed by atoms with E-state index in [1.54, 1.807) is 0 Å². The molecule has 0 atom stereocenters. The first-order valence-electron chi connectivity index (χ1n) is 10.1. The monoisotopic (exact) mass is 372 g/mol. The number of nitrogens with one attached hydrogen (secondary N) is 1. The average Bonchev–Trinajstić information content (AvgIpc) is 3.14. The van der Waals surface area contributed by atoms with Crippen LogP contribution in [0.4, 0.5) is 5.69 Å². The fourth-order valence-electron chi connectivity index (χ4n) is 3.80. The van der Waals surface area contributed by atoms with Gasteiger partial charge in [0.2, 0.25) is 5.91 Å². The van der Waals surface area contributed by atoms with E-state index in [1.165, 1.54) is 24.8 Å². The molecule has 0 aliphatic carbocycles. The van der Waals surface area contributed by atoms with E-state index in [9.17, 15) is 4.79 Å². The van der Waals surface area contributed by atoms with Crippen LogP contribution in [-0.2, 0) is 16.1 Å². The maximum absolute atomic E-state index is 11.8. The zero-order chi connectivity index (χ0) is 19.1. The third kappa shape index (κ3) is 5.45. The molecule has 1 aromatic carbocycles. The molecule has 3 rings (SSSR count). The Morgan fingerprint density at radius 1 is 1.30 bits per heavy atom. The van der Waals surface area contributed by atoms with Gasteiger partial charge in [0.15, 0.2) is 5.96 Å². The summed E-state index contributed by atoms with van der Waals surface area (Å²) in [5.41, 5.74) is 2.18. The van der Waals surface area contributed by atoms with Crippen molar-refractivity contribution in [1.29, 1.82) is 0 Å². The number of carbonyl (C=O) groups is 1. The van der Waals surface area contributed by atoms with Gasteiger partial charge in [-0.05, 0) is 49.3 Å². The second-order valence-electron chi connectivity index (χ2n) is 7.48. The van der Waals surface area contributed by atoms with Crippen LogP contribution >= 0.6 is 0 Å². The molecule has 2 aliphatic rings. The molecule has 6 heteroatoms. The molecular weight excluding hydrogens is 340 g/mol. The Kier molecular flexibility index (Phi) is 7.10. The van der Waals surface area contributed by atoms with E-state index < -0.39 is 0 Å². The van der Waals surface area contributed by atoms with E-state index >= 15 is 0 Å². The number of benzene rings is 1. The Labute approximate surface area is 162 Å². The zero-order valence-corrected chi connectivity index (χ0v) is 16.6. The van der Waals surface area contributed by atoms with E-state index in [4.69, 9.17) is 4.74 Å². The number of amides is 1. The summed E-state index contributed by atoms with van der Waals surface area (Å²) in [5.74, 6) is 1.91. The summed E-state index contributed by atoms with van der Waals surface area (Å²) < 4.78 is 5.44. The SMILES string of the molecule is CN=C(NCc1ccc(N2CCCC2=O)cc1)N(C)CCC1CCOCC1. The van der Waals surface area contributed by atoms with Crippen molar-refractivity contribution in [2.45, 2.75) is 38.6 Å². The Hall–Kier alpha value is -2.08. The largest absolute Gasteiger partial charge is 0.381 e. The lowest BCUT2D eigenvalue weighted by molar-refractivity contribution is -0.117. The summed E-state index contributed by atoms with van der Waals surface area (Å²) in [4.78, 5) is 20.3. The molecule has 0 unspecified atom stereocenters. The maximum Gasteiger partial charge on any atom is 0.227 e. The first kappa shape index (κ1) is 19.7. The van der Waals surface area contributed by atoms with Crippen molar-refractivity contribution >= 4 is 17.6 Å². The molecule has 0 aromatic heterocycles. The fraction of sp³-hybridized carbons (Fsp3) is 0.619. The summed E-state index contributed by atoms with van der Waals surface area (Å²) in [6.45, 7) is 4.37. The summed E-state index contributed by atoms with van der Waals surface area (Å²) in [7, 11) is 3.92. The molecular formula is C21H32N4O2. The van der Waals surface area contributed by atoms with Crippen molar-refractivity contribution in [2.24, 2.45) is 10.9 Å². The van der Waals surface area contributed by atoms with Crippen molar-refractivity contribution in [3.8, 4) is 0 Å². The van der Waals surface area contributed by atoms with Crippen molar-refractivity contribution in [3.05, 3.63) is 29.8 Å². The van der Waals surface area contributed by atoms with Crippen LogP contribution in [0.15, 0.2) is 29.3 Å². The second kappa shape index (κ2) is 9.74. The lowest BCUT2D eigenvalue weighted by atomic mass is 9.96. The molecule has 0 bridgehead atoms. The number of ether oxygens (including phenoxy) is 1. The van der Waals surface area contributed by atoms with Crippen molar-refractivity contribution in [2.75, 3.05) is 45.3 Å². The first-order valence-corrected chi connectivity index (χ1v) is 10.1. The van der Waals surface area contributed by atoms with Gasteiger partial charge >= 0.3 is 0 Å². The minimum atomic E-state index is 0.229. The van der Waals surface area contributed by atoms with Gasteiger partial charge in [0.05, 0.1) is 0 Å². The molecule has 6 nitrogen and oxygen atoms in total. The van der Waals surface area contributed by atoms with Gasteiger partial charge in [-0.2, -0.15) is 0 Å². The topological polar surface area (TPSA) is 57.2 Å². The summed E-state index contributed by atoms with van der Waals surface area (Å²) in [6.07, 6.45) is 5.15. The highest BCUT2D eigenvalue weighted by Crippen LogP contribution is 2.21. The zero-order valence-electron chi connectivity index (χ0n) is 16.6. The predicted octanol–water partition coefficient (Wildman–Crippen LogP) is 2.64. The molecule has 2 fully saturated rings. The van der Waals surface area contributed by atoms with Gasteiger partial charge in [-0.3, -0.25) is 9.79 Å². The number of aliphatic imine (C=N–C) groups is 1. The van der Waals surface area contributed by atoms with Gasteiger partial charge in [-0.25, -0.2) is 0 Å². The van der Waals surface area contributed by atoms with Gasteiger partial charge < -0.3 is 19.9 Å². The highest BCUT2D eigenvalue weighted by Gasteiger charge is 2.21. The third-order valence-corrected chi connectivity index (χ3v) is 5.56. The summed E-state index contributed by atoms with van der Waals surface area (Å²) in [5, 5.41) is 3.44. The van der Waals surface area contributed by atoms with E-state index in [2.05, 4.69) is 34.4 Å². The van der Waals surface area contributed by atoms with Crippen molar-refractivity contribution < 1.29 is 9.53 Å². The van der Waals surface area contributed by atoms with Gasteiger partial charge in [0, 0.05) is 59.1 Å². The molecule has 0 radical (unpaired) electrons. The summed E-state index contributed by atoms with van der Waals surface area (Å²) in [6, 6.07) is 8.25. The quantitative estimate of drug-likeness (QED) is 0.616. The number of anilines is 1. The van der Waals surface area contributed by atoms with E-state index in [1.807, 2.05) is 24.1 Å². The minimum absolute atomic E-state index is 0.229. The Balaban J connectivity index is 1.46. The molecule has 2 saturated heterocycles. The Morgan fingerprint density at radius 3 is 2.67 bits per heavy atom. The van der Waals surface area contributed by atoms with Crippen LogP contribution in [-0.4, -0.2) is 57.2 Å². The first-order chi connectivity index (χ1) is 13.2. The molecule has 0 saturated carbocycles. The average molecular weight is 373 g/mol. The normalized spacial score (nSPS) is 18.8. The van der Waals surface area contributed by atoms with Gasteiger partial charge in [-0.15, -0.1) is 0 Å². The Bertz CT molecular complexity index is 638. The van der Waals surface area contributed by atoms with E-state index in [0.29, 0.717) is 6.42 Å². The molecule has 27 heavy (non-hydrogen) atoms. The highest BCUT2D eigenvalue weighted by molar-refractivity contribution is 5.95. The second-order valence-corrected chi connectivity index (χ2v) is 7.48. The minimum Gasteiger partial charge on any atom is -0.381 e. The number of guanidine groups is 1. The molecule has 1 N–H and O–H groups in total. The number of carbonyl (C=O) groups excluding carboxylic acids is 1. The van der Waals surface area contributed by atoms with Crippen LogP contribution in [0.1, 0.15) is 37.7 Å². The van der Waals surface area contributed by atoms with Crippen LogP contribution in [0.25, 0.3) is 0 Å². The predicted molar refractivity (Wildman–Crippen MR) is 109 cm³/mol. The number of nitrogens with zero attached hydrogens (tertiary/aromatic N) is 3. The molecule has 2 aliphatic heterocycles. The Morgan fingerprint density at radius 2 is 2.04 bits per heavy atom. The molecule has 2 heterocycles. The number of hydrogen-bond donors (Lipinski definition) is 1. The number of hydrogen-bond acceptors (Lipinski definition) is 3. The molecule has 0 spiro atoms. The van der Waals surface area contributed by atoms with Crippen LogP contribution in [0, 0.1) is 5.92 Å².